The van der Waals surface area contributed by atoms with Gasteiger partial charge in [-0.2, -0.15) is 0 Å². The fourth-order valence-electron chi connectivity index (χ4n) is 1.67. The molecule has 0 amide bonds. The lowest BCUT2D eigenvalue weighted by Crippen LogP contribution is -2.15. The number of thiophene rings is 1. The molecule has 0 unspecified atom stereocenters. The predicted octanol–water partition coefficient (Wildman–Crippen LogP) is 3.74. The zero-order valence-corrected chi connectivity index (χ0v) is 13.2. The first-order chi connectivity index (χ1) is 8.16. The molecule has 6 heteroatoms. The van der Waals surface area contributed by atoms with Gasteiger partial charge in [-0.15, -0.1) is 11.3 Å². The summed E-state index contributed by atoms with van der Waals surface area (Å²) in [7, 11) is 0. The summed E-state index contributed by atoms with van der Waals surface area (Å²) in [5.74, 6) is 1.17. The smallest absolute Gasteiger partial charge is 0.264 e. The molecule has 1 aliphatic rings. The van der Waals surface area contributed by atoms with Gasteiger partial charge in [0.05, 0.1) is 10.6 Å². The molecular formula is C11H8BrIN2OS. The third-order valence-corrected chi connectivity index (χ3v) is 5.57. The molecule has 0 radical (unpaired) electrons. The first-order valence-corrected chi connectivity index (χ1v) is 7.95. The Morgan fingerprint density at radius 1 is 1.53 bits per heavy atom. The van der Waals surface area contributed by atoms with Crippen LogP contribution < -0.4 is 5.56 Å². The molecule has 17 heavy (non-hydrogen) atoms. The second-order valence-corrected chi connectivity index (χ2v) is 6.83. The maximum Gasteiger partial charge on any atom is 0.264 e. The summed E-state index contributed by atoms with van der Waals surface area (Å²) in [5.41, 5.74) is 0.933. The Balaban J connectivity index is 2.18. The first-order valence-electron chi connectivity index (χ1n) is 5.20. The van der Waals surface area contributed by atoms with Crippen LogP contribution in [-0.4, -0.2) is 9.97 Å². The van der Waals surface area contributed by atoms with Gasteiger partial charge in [-0.05, 0) is 62.8 Å². The van der Waals surface area contributed by atoms with Crippen LogP contribution in [0.15, 0.2) is 20.7 Å². The van der Waals surface area contributed by atoms with E-state index in [4.69, 9.17) is 0 Å². The Morgan fingerprint density at radius 2 is 2.29 bits per heavy atom. The Bertz CT molecular complexity index is 633. The highest BCUT2D eigenvalue weighted by molar-refractivity contribution is 14.1. The molecule has 2 aromatic heterocycles. The highest BCUT2D eigenvalue weighted by atomic mass is 127. The van der Waals surface area contributed by atoms with Crippen molar-refractivity contribution in [1.29, 1.82) is 0 Å². The standard InChI is InChI=1S/C11H8BrIN2OS/c12-6-3-4-17-9(6)10-14-8(5-1-2-5)7(13)11(16)15-10/h3-5H,1-2H2,(H,14,15,16). The molecule has 0 bridgehead atoms. The van der Waals surface area contributed by atoms with E-state index in [0.717, 1.165) is 31.5 Å². The average molecular weight is 423 g/mol. The Labute approximate surface area is 124 Å². The van der Waals surface area contributed by atoms with E-state index in [9.17, 15) is 4.79 Å². The van der Waals surface area contributed by atoms with E-state index < -0.39 is 0 Å². The molecule has 3 rings (SSSR count). The summed E-state index contributed by atoms with van der Waals surface area (Å²) in [4.78, 5) is 20.3. The number of halogens is 2. The molecule has 2 heterocycles. The molecule has 2 aromatic rings. The quantitative estimate of drug-likeness (QED) is 0.749. The van der Waals surface area contributed by atoms with Gasteiger partial charge in [-0.1, -0.05) is 0 Å². The van der Waals surface area contributed by atoms with Gasteiger partial charge >= 0.3 is 0 Å². The van der Waals surface area contributed by atoms with Gasteiger partial charge in [0.15, 0.2) is 5.82 Å². The molecule has 0 atom stereocenters. The molecule has 0 spiro atoms. The van der Waals surface area contributed by atoms with Crippen LogP contribution in [0.25, 0.3) is 10.7 Å². The fraction of sp³-hybridized carbons (Fsp3) is 0.273. The number of nitrogens with one attached hydrogen (secondary N) is 1. The third-order valence-electron chi connectivity index (χ3n) is 2.68. The topological polar surface area (TPSA) is 45.8 Å². The van der Waals surface area contributed by atoms with Gasteiger partial charge in [-0.3, -0.25) is 4.79 Å². The molecule has 0 saturated heterocycles. The van der Waals surface area contributed by atoms with E-state index in [0.29, 0.717) is 11.7 Å². The molecule has 0 aliphatic heterocycles. The Morgan fingerprint density at radius 3 is 2.88 bits per heavy atom. The molecule has 1 fully saturated rings. The van der Waals surface area contributed by atoms with Crippen molar-refractivity contribution in [2.24, 2.45) is 0 Å². The van der Waals surface area contributed by atoms with Crippen molar-refractivity contribution in [3.63, 3.8) is 0 Å². The summed E-state index contributed by atoms with van der Waals surface area (Å²) in [6.45, 7) is 0. The van der Waals surface area contributed by atoms with Gasteiger partial charge in [0, 0.05) is 10.4 Å². The van der Waals surface area contributed by atoms with Crippen LogP contribution in [0.2, 0.25) is 0 Å². The lowest BCUT2D eigenvalue weighted by Gasteiger charge is -2.04. The lowest BCUT2D eigenvalue weighted by atomic mass is 10.3. The van der Waals surface area contributed by atoms with E-state index in [2.05, 4.69) is 48.5 Å². The molecular weight excluding hydrogens is 415 g/mol. The molecule has 88 valence electrons. The number of H-pyrrole nitrogens is 1. The highest BCUT2D eigenvalue weighted by Crippen LogP contribution is 2.41. The predicted molar refractivity (Wildman–Crippen MR) is 80.6 cm³/mol. The summed E-state index contributed by atoms with van der Waals surface area (Å²) < 4.78 is 1.72. The lowest BCUT2D eigenvalue weighted by molar-refractivity contribution is 0.960. The molecule has 0 aromatic carbocycles. The first kappa shape index (κ1) is 11.9. The average Bonchev–Trinajstić information content (AvgIpc) is 3.05. The maximum absolute atomic E-state index is 11.9. The van der Waals surface area contributed by atoms with Crippen molar-refractivity contribution < 1.29 is 0 Å². The fourth-order valence-corrected chi connectivity index (χ4v) is 3.87. The molecule has 1 saturated carbocycles. The van der Waals surface area contributed by atoms with Gasteiger partial charge in [-0.25, -0.2) is 4.98 Å². The summed E-state index contributed by atoms with van der Waals surface area (Å²) in [5, 5.41) is 1.98. The van der Waals surface area contributed by atoms with E-state index in [-0.39, 0.29) is 5.56 Å². The Hall–Kier alpha value is -0.210. The van der Waals surface area contributed by atoms with Crippen LogP contribution in [0.4, 0.5) is 0 Å². The normalized spacial score (nSPS) is 15.2. The summed E-state index contributed by atoms with van der Waals surface area (Å²) in [6, 6.07) is 1.97. The second kappa shape index (κ2) is 4.47. The van der Waals surface area contributed by atoms with E-state index in [1.54, 1.807) is 11.3 Å². The number of aromatic nitrogens is 2. The minimum Gasteiger partial charge on any atom is -0.305 e. The zero-order chi connectivity index (χ0) is 12.0. The Kier molecular flexibility index (Phi) is 3.12. The number of rotatable bonds is 2. The van der Waals surface area contributed by atoms with E-state index in [1.165, 1.54) is 0 Å². The maximum atomic E-state index is 11.9. The van der Waals surface area contributed by atoms with Crippen molar-refractivity contribution in [3.8, 4) is 10.7 Å². The van der Waals surface area contributed by atoms with E-state index in [1.807, 2.05) is 11.4 Å². The highest BCUT2D eigenvalue weighted by Gasteiger charge is 2.29. The summed E-state index contributed by atoms with van der Waals surface area (Å²) >= 11 is 7.13. The van der Waals surface area contributed by atoms with Crippen LogP contribution in [0.5, 0.6) is 0 Å². The largest absolute Gasteiger partial charge is 0.305 e. The number of hydrogen-bond donors (Lipinski definition) is 1. The SMILES string of the molecule is O=c1[nH]c(-c2sccc2Br)nc(C2CC2)c1I. The molecule has 1 aliphatic carbocycles. The monoisotopic (exact) mass is 422 g/mol. The minimum absolute atomic E-state index is 0.0298. The number of nitrogens with zero attached hydrogens (tertiary/aromatic N) is 1. The van der Waals surface area contributed by atoms with Gasteiger partial charge in [0.25, 0.3) is 5.56 Å². The van der Waals surface area contributed by atoms with Gasteiger partial charge in [0.2, 0.25) is 0 Å². The van der Waals surface area contributed by atoms with Gasteiger partial charge in [0.1, 0.15) is 3.57 Å². The van der Waals surface area contributed by atoms with Crippen molar-refractivity contribution >= 4 is 49.9 Å². The van der Waals surface area contributed by atoms with Crippen LogP contribution in [-0.2, 0) is 0 Å². The van der Waals surface area contributed by atoms with Crippen molar-refractivity contribution in [2.75, 3.05) is 0 Å². The second-order valence-electron chi connectivity index (χ2n) is 3.99. The van der Waals surface area contributed by atoms with Gasteiger partial charge < -0.3 is 4.98 Å². The molecule has 3 nitrogen and oxygen atoms in total. The van der Waals surface area contributed by atoms with Crippen LogP contribution in [0, 0.1) is 3.57 Å². The van der Waals surface area contributed by atoms with Crippen molar-refractivity contribution in [3.05, 3.63) is 35.5 Å². The number of aromatic amines is 1. The molecule has 1 N–H and O–H groups in total. The summed E-state index contributed by atoms with van der Waals surface area (Å²) in [6.07, 6.45) is 2.30. The van der Waals surface area contributed by atoms with E-state index >= 15 is 0 Å². The van der Waals surface area contributed by atoms with Crippen LogP contribution in [0.3, 0.4) is 0 Å². The van der Waals surface area contributed by atoms with Crippen LogP contribution >= 0.6 is 49.9 Å². The van der Waals surface area contributed by atoms with Crippen molar-refractivity contribution in [1.82, 2.24) is 9.97 Å². The van der Waals surface area contributed by atoms with Crippen LogP contribution in [0.1, 0.15) is 24.5 Å². The minimum atomic E-state index is -0.0298. The zero-order valence-electron chi connectivity index (χ0n) is 8.67. The number of hydrogen-bond acceptors (Lipinski definition) is 3. The van der Waals surface area contributed by atoms with Crippen molar-refractivity contribution in [2.45, 2.75) is 18.8 Å². The third kappa shape index (κ3) is 2.22.